The molecular formula is C25H18BrClINO4. The van der Waals surface area contributed by atoms with Gasteiger partial charge in [0.05, 0.1) is 20.8 Å². The van der Waals surface area contributed by atoms with Crippen molar-refractivity contribution in [3.63, 3.8) is 0 Å². The van der Waals surface area contributed by atoms with Gasteiger partial charge in [0.25, 0.3) is 0 Å². The molecule has 3 aromatic carbocycles. The standard InChI is InChI=1S/C25H18BrClINO4/c1-2-31-22-13-16(11-20(28)23(22)32-14-15-7-9-17(26)10-8-15)12-21-25(30)33-24(29-21)18-5-3-4-6-19(18)27/h3-13H,2,14H2,1H3/b21-12-. The zero-order chi connectivity index (χ0) is 23.4. The first-order valence-corrected chi connectivity index (χ1v) is 12.3. The van der Waals surface area contributed by atoms with E-state index in [0.29, 0.717) is 35.3 Å². The first-order chi connectivity index (χ1) is 15.9. The summed E-state index contributed by atoms with van der Waals surface area (Å²) in [5.41, 5.74) is 2.54. The van der Waals surface area contributed by atoms with Gasteiger partial charge in [-0.15, -0.1) is 0 Å². The summed E-state index contributed by atoms with van der Waals surface area (Å²) in [6.45, 7) is 2.79. The predicted octanol–water partition coefficient (Wildman–Crippen LogP) is 7.03. The van der Waals surface area contributed by atoms with Gasteiger partial charge in [0, 0.05) is 4.47 Å². The van der Waals surface area contributed by atoms with Crippen LogP contribution in [-0.4, -0.2) is 18.5 Å². The molecule has 1 heterocycles. The van der Waals surface area contributed by atoms with Crippen molar-refractivity contribution in [2.24, 2.45) is 4.99 Å². The molecule has 0 amide bonds. The number of nitrogens with zero attached hydrogens (tertiary/aromatic N) is 1. The molecule has 0 aliphatic carbocycles. The summed E-state index contributed by atoms with van der Waals surface area (Å²) >= 11 is 11.8. The van der Waals surface area contributed by atoms with E-state index in [1.165, 1.54) is 0 Å². The van der Waals surface area contributed by atoms with Crippen LogP contribution in [0.2, 0.25) is 5.02 Å². The Bertz CT molecular complexity index is 1260. The zero-order valence-corrected chi connectivity index (χ0v) is 22.0. The van der Waals surface area contributed by atoms with Crippen molar-refractivity contribution in [3.8, 4) is 11.5 Å². The van der Waals surface area contributed by atoms with Gasteiger partial charge >= 0.3 is 5.97 Å². The molecule has 0 atom stereocenters. The van der Waals surface area contributed by atoms with Crippen LogP contribution in [0.15, 0.2) is 75.8 Å². The third-order valence-electron chi connectivity index (χ3n) is 4.66. The Morgan fingerprint density at radius 1 is 1.12 bits per heavy atom. The molecule has 33 heavy (non-hydrogen) atoms. The smallest absolute Gasteiger partial charge is 0.363 e. The van der Waals surface area contributed by atoms with Crippen LogP contribution in [0.3, 0.4) is 0 Å². The van der Waals surface area contributed by atoms with Crippen LogP contribution in [0.5, 0.6) is 11.5 Å². The molecule has 0 saturated carbocycles. The minimum Gasteiger partial charge on any atom is -0.490 e. The monoisotopic (exact) mass is 637 g/mol. The van der Waals surface area contributed by atoms with Crippen molar-refractivity contribution >= 4 is 68.1 Å². The fraction of sp³-hybridized carbons (Fsp3) is 0.120. The highest BCUT2D eigenvalue weighted by molar-refractivity contribution is 14.1. The number of halogens is 3. The molecule has 0 radical (unpaired) electrons. The lowest BCUT2D eigenvalue weighted by atomic mass is 10.1. The Morgan fingerprint density at radius 2 is 1.88 bits per heavy atom. The van der Waals surface area contributed by atoms with Crippen LogP contribution in [0.4, 0.5) is 0 Å². The molecule has 0 fully saturated rings. The molecule has 0 unspecified atom stereocenters. The van der Waals surface area contributed by atoms with Crippen LogP contribution >= 0.6 is 50.1 Å². The van der Waals surface area contributed by atoms with E-state index in [-0.39, 0.29) is 11.6 Å². The molecule has 0 bridgehead atoms. The van der Waals surface area contributed by atoms with E-state index < -0.39 is 5.97 Å². The minimum atomic E-state index is -0.534. The van der Waals surface area contributed by atoms with Crippen molar-refractivity contribution in [2.75, 3.05) is 6.61 Å². The molecule has 0 spiro atoms. The quantitative estimate of drug-likeness (QED) is 0.159. The lowest BCUT2D eigenvalue weighted by Gasteiger charge is -2.15. The van der Waals surface area contributed by atoms with E-state index in [1.807, 2.05) is 49.4 Å². The fourth-order valence-electron chi connectivity index (χ4n) is 3.13. The molecule has 1 aliphatic heterocycles. The summed E-state index contributed by atoms with van der Waals surface area (Å²) in [6.07, 6.45) is 1.66. The van der Waals surface area contributed by atoms with E-state index in [9.17, 15) is 4.79 Å². The van der Waals surface area contributed by atoms with Crippen molar-refractivity contribution in [1.29, 1.82) is 0 Å². The first kappa shape index (κ1) is 23.8. The number of hydrogen-bond acceptors (Lipinski definition) is 5. The summed E-state index contributed by atoms with van der Waals surface area (Å²) in [7, 11) is 0. The summed E-state index contributed by atoms with van der Waals surface area (Å²) in [6, 6.07) is 18.8. The van der Waals surface area contributed by atoms with E-state index in [4.69, 9.17) is 25.8 Å². The molecule has 4 rings (SSSR count). The van der Waals surface area contributed by atoms with Crippen molar-refractivity contribution in [1.82, 2.24) is 0 Å². The van der Waals surface area contributed by atoms with Crippen LogP contribution < -0.4 is 9.47 Å². The van der Waals surface area contributed by atoms with Gasteiger partial charge in [-0.25, -0.2) is 9.79 Å². The number of carbonyl (C=O) groups excluding carboxylic acids is 1. The van der Waals surface area contributed by atoms with Crippen LogP contribution in [0.1, 0.15) is 23.6 Å². The molecular weight excluding hydrogens is 621 g/mol. The number of carbonyl (C=O) groups is 1. The highest BCUT2D eigenvalue weighted by atomic mass is 127. The average molecular weight is 639 g/mol. The van der Waals surface area contributed by atoms with Gasteiger partial charge in [-0.2, -0.15) is 0 Å². The second-order valence-corrected chi connectivity index (χ2v) is 9.48. The third-order valence-corrected chi connectivity index (χ3v) is 6.32. The van der Waals surface area contributed by atoms with Crippen molar-refractivity contribution in [2.45, 2.75) is 13.5 Å². The van der Waals surface area contributed by atoms with Gasteiger partial charge in [0.1, 0.15) is 6.61 Å². The highest BCUT2D eigenvalue weighted by Gasteiger charge is 2.25. The first-order valence-electron chi connectivity index (χ1n) is 10.1. The Balaban J connectivity index is 1.61. The number of esters is 1. The van der Waals surface area contributed by atoms with Gasteiger partial charge in [0.2, 0.25) is 5.90 Å². The maximum absolute atomic E-state index is 12.4. The van der Waals surface area contributed by atoms with E-state index in [0.717, 1.165) is 19.2 Å². The minimum absolute atomic E-state index is 0.186. The van der Waals surface area contributed by atoms with E-state index >= 15 is 0 Å². The third kappa shape index (κ3) is 5.77. The fourth-order valence-corrected chi connectivity index (χ4v) is 4.39. The van der Waals surface area contributed by atoms with E-state index in [2.05, 4.69) is 43.5 Å². The van der Waals surface area contributed by atoms with Gasteiger partial charge in [-0.3, -0.25) is 0 Å². The second-order valence-electron chi connectivity index (χ2n) is 6.99. The summed E-state index contributed by atoms with van der Waals surface area (Å²) in [4.78, 5) is 16.8. The highest BCUT2D eigenvalue weighted by Crippen LogP contribution is 2.36. The molecule has 0 N–H and O–H groups in total. The summed E-state index contributed by atoms with van der Waals surface area (Å²) < 4.78 is 19.1. The predicted molar refractivity (Wildman–Crippen MR) is 141 cm³/mol. The second kappa shape index (κ2) is 10.7. The Kier molecular flexibility index (Phi) is 7.72. The van der Waals surface area contributed by atoms with Gasteiger partial charge in [-0.1, -0.05) is 51.8 Å². The Morgan fingerprint density at radius 3 is 2.61 bits per heavy atom. The number of rotatable bonds is 7. The molecule has 3 aromatic rings. The Labute approximate surface area is 218 Å². The van der Waals surface area contributed by atoms with Gasteiger partial charge in [0.15, 0.2) is 17.2 Å². The van der Waals surface area contributed by atoms with Crippen LogP contribution in [-0.2, 0) is 16.1 Å². The maximum Gasteiger partial charge on any atom is 0.363 e. The SMILES string of the molecule is CCOc1cc(/C=C2\N=C(c3ccccc3Cl)OC2=O)cc(I)c1OCc1ccc(Br)cc1. The summed E-state index contributed by atoms with van der Waals surface area (Å²) in [5, 5.41) is 0.464. The zero-order valence-electron chi connectivity index (χ0n) is 17.5. The molecule has 0 saturated heterocycles. The lowest BCUT2D eigenvalue weighted by Crippen LogP contribution is -2.05. The number of cyclic esters (lactones) is 1. The largest absolute Gasteiger partial charge is 0.490 e. The normalized spacial score (nSPS) is 14.2. The van der Waals surface area contributed by atoms with Crippen LogP contribution in [0, 0.1) is 3.57 Å². The molecule has 168 valence electrons. The number of benzene rings is 3. The van der Waals surface area contributed by atoms with Crippen LogP contribution in [0.25, 0.3) is 6.08 Å². The Hall–Kier alpha value is -2.36. The summed E-state index contributed by atoms with van der Waals surface area (Å²) in [5.74, 6) is 0.895. The molecule has 1 aliphatic rings. The molecule has 8 heteroatoms. The van der Waals surface area contributed by atoms with E-state index in [1.54, 1.807) is 24.3 Å². The van der Waals surface area contributed by atoms with Gasteiger partial charge < -0.3 is 14.2 Å². The lowest BCUT2D eigenvalue weighted by molar-refractivity contribution is -0.129. The number of ether oxygens (including phenoxy) is 3. The topological polar surface area (TPSA) is 57.1 Å². The number of hydrogen-bond donors (Lipinski definition) is 0. The molecule has 5 nitrogen and oxygen atoms in total. The average Bonchev–Trinajstić information content (AvgIpc) is 3.15. The van der Waals surface area contributed by atoms with Crippen molar-refractivity contribution in [3.05, 3.63) is 96.1 Å². The maximum atomic E-state index is 12.4. The molecule has 0 aromatic heterocycles. The number of aliphatic imine (C=N–C) groups is 1. The van der Waals surface area contributed by atoms with Crippen molar-refractivity contribution < 1.29 is 19.0 Å². The van der Waals surface area contributed by atoms with Gasteiger partial charge in [-0.05, 0) is 83.1 Å².